The molecule has 1 saturated carbocycles. The van der Waals surface area contributed by atoms with Crippen molar-refractivity contribution in [2.45, 2.75) is 45.7 Å². The van der Waals surface area contributed by atoms with Crippen LogP contribution in [0.5, 0.6) is 0 Å². The lowest BCUT2D eigenvalue weighted by Crippen LogP contribution is -2.51. The molecule has 0 spiro atoms. The van der Waals surface area contributed by atoms with Gasteiger partial charge in [0.15, 0.2) is 0 Å². The maximum atomic E-state index is 3.87. The van der Waals surface area contributed by atoms with Gasteiger partial charge in [0.2, 0.25) is 0 Å². The van der Waals surface area contributed by atoms with Crippen molar-refractivity contribution in [1.82, 2.24) is 10.2 Å². The summed E-state index contributed by atoms with van der Waals surface area (Å²) in [6.07, 6.45) is 2.55. The number of hydrogen-bond donors (Lipinski definition) is 1. The summed E-state index contributed by atoms with van der Waals surface area (Å²) in [7, 11) is 2.24. The van der Waals surface area contributed by atoms with Gasteiger partial charge in [0.05, 0.1) is 0 Å². The quantitative estimate of drug-likeness (QED) is 0.725. The van der Waals surface area contributed by atoms with Gasteiger partial charge in [-0.25, -0.2) is 0 Å². The van der Waals surface area contributed by atoms with Crippen LogP contribution in [0.15, 0.2) is 12.3 Å². The molecule has 0 aromatic rings. The van der Waals surface area contributed by atoms with Crippen LogP contribution < -0.4 is 5.32 Å². The van der Waals surface area contributed by atoms with Gasteiger partial charge in [0.25, 0.3) is 0 Å². The standard InChI is InChI=1S/C12H24N2/c1-9(2)8-14(5)12-6-11(7-12)13-10(3)4/h9,11-13H,3,6-8H2,1-2,4-5H3. The summed E-state index contributed by atoms with van der Waals surface area (Å²) in [5, 5.41) is 3.40. The second-order valence-corrected chi connectivity index (χ2v) is 5.08. The van der Waals surface area contributed by atoms with Gasteiger partial charge < -0.3 is 10.2 Å². The Labute approximate surface area is 88.4 Å². The normalized spacial score (nSPS) is 26.4. The van der Waals surface area contributed by atoms with E-state index in [1.807, 2.05) is 6.92 Å². The van der Waals surface area contributed by atoms with Gasteiger partial charge in [-0.2, -0.15) is 0 Å². The molecule has 0 radical (unpaired) electrons. The summed E-state index contributed by atoms with van der Waals surface area (Å²) >= 11 is 0. The highest BCUT2D eigenvalue weighted by atomic mass is 15.2. The molecule has 14 heavy (non-hydrogen) atoms. The molecule has 1 aliphatic carbocycles. The highest BCUT2D eigenvalue weighted by Gasteiger charge is 2.31. The first kappa shape index (κ1) is 11.6. The highest BCUT2D eigenvalue weighted by Crippen LogP contribution is 2.25. The van der Waals surface area contributed by atoms with Gasteiger partial charge in [-0.3, -0.25) is 0 Å². The van der Waals surface area contributed by atoms with E-state index in [0.717, 1.165) is 17.7 Å². The van der Waals surface area contributed by atoms with Crippen molar-refractivity contribution in [2.75, 3.05) is 13.6 Å². The van der Waals surface area contributed by atoms with Crippen molar-refractivity contribution in [2.24, 2.45) is 5.92 Å². The molecule has 0 saturated heterocycles. The number of nitrogens with zero attached hydrogens (tertiary/aromatic N) is 1. The molecule has 0 bridgehead atoms. The third-order valence-corrected chi connectivity index (χ3v) is 2.84. The Morgan fingerprint density at radius 3 is 2.50 bits per heavy atom. The molecule has 1 fully saturated rings. The third kappa shape index (κ3) is 3.33. The van der Waals surface area contributed by atoms with Crippen LogP contribution in [0.3, 0.4) is 0 Å². The van der Waals surface area contributed by atoms with Crippen LogP contribution in [0.25, 0.3) is 0 Å². The van der Waals surface area contributed by atoms with E-state index in [2.05, 4.69) is 37.7 Å². The first-order chi connectivity index (χ1) is 6.49. The summed E-state index contributed by atoms with van der Waals surface area (Å²) in [5.41, 5.74) is 1.10. The lowest BCUT2D eigenvalue weighted by atomic mass is 9.85. The van der Waals surface area contributed by atoms with Crippen molar-refractivity contribution in [3.05, 3.63) is 12.3 Å². The van der Waals surface area contributed by atoms with Gasteiger partial charge in [0, 0.05) is 24.3 Å². The molecule has 0 aromatic heterocycles. The van der Waals surface area contributed by atoms with Gasteiger partial charge >= 0.3 is 0 Å². The summed E-state index contributed by atoms with van der Waals surface area (Å²) < 4.78 is 0. The molecule has 1 aliphatic rings. The smallest absolute Gasteiger partial charge is 0.0287 e. The average molecular weight is 196 g/mol. The number of nitrogens with one attached hydrogen (secondary N) is 1. The topological polar surface area (TPSA) is 15.3 Å². The SMILES string of the molecule is C=C(C)NC1CC(N(C)CC(C)C)C1. The summed E-state index contributed by atoms with van der Waals surface area (Å²) in [4.78, 5) is 2.49. The van der Waals surface area contributed by atoms with Crippen LogP contribution in [0.1, 0.15) is 33.6 Å². The van der Waals surface area contributed by atoms with Gasteiger partial charge in [-0.15, -0.1) is 0 Å². The van der Waals surface area contributed by atoms with Crippen molar-refractivity contribution >= 4 is 0 Å². The van der Waals surface area contributed by atoms with Crippen molar-refractivity contribution < 1.29 is 0 Å². The molecule has 1 rings (SSSR count). The lowest BCUT2D eigenvalue weighted by Gasteiger charge is -2.42. The van der Waals surface area contributed by atoms with Crippen LogP contribution in [-0.4, -0.2) is 30.6 Å². The highest BCUT2D eigenvalue weighted by molar-refractivity contribution is 4.97. The minimum atomic E-state index is 0.673. The molecule has 0 amide bonds. The molecule has 82 valence electrons. The van der Waals surface area contributed by atoms with Crippen LogP contribution in [0, 0.1) is 5.92 Å². The van der Waals surface area contributed by atoms with E-state index >= 15 is 0 Å². The van der Waals surface area contributed by atoms with Crippen LogP contribution in [0.4, 0.5) is 0 Å². The van der Waals surface area contributed by atoms with Crippen LogP contribution in [-0.2, 0) is 0 Å². The van der Waals surface area contributed by atoms with Gasteiger partial charge in [0.1, 0.15) is 0 Å². The summed E-state index contributed by atoms with van der Waals surface area (Å²) in [6, 6.07) is 1.46. The largest absolute Gasteiger partial charge is 0.386 e. The molecule has 2 heteroatoms. The fourth-order valence-electron chi connectivity index (χ4n) is 2.14. The van der Waals surface area contributed by atoms with E-state index in [1.165, 1.54) is 19.4 Å². The molecule has 0 atom stereocenters. The Hall–Kier alpha value is -0.500. The van der Waals surface area contributed by atoms with E-state index < -0.39 is 0 Å². The second kappa shape index (κ2) is 4.83. The lowest BCUT2D eigenvalue weighted by molar-refractivity contribution is 0.115. The van der Waals surface area contributed by atoms with E-state index in [9.17, 15) is 0 Å². The van der Waals surface area contributed by atoms with E-state index in [1.54, 1.807) is 0 Å². The second-order valence-electron chi connectivity index (χ2n) is 5.08. The van der Waals surface area contributed by atoms with Crippen LogP contribution in [0.2, 0.25) is 0 Å². The zero-order valence-corrected chi connectivity index (χ0v) is 10.0. The van der Waals surface area contributed by atoms with Crippen LogP contribution >= 0.6 is 0 Å². The van der Waals surface area contributed by atoms with E-state index in [4.69, 9.17) is 0 Å². The summed E-state index contributed by atoms with van der Waals surface area (Å²) in [6.45, 7) is 11.7. The third-order valence-electron chi connectivity index (χ3n) is 2.84. The van der Waals surface area contributed by atoms with Gasteiger partial charge in [-0.05, 0) is 32.7 Å². The molecular weight excluding hydrogens is 172 g/mol. The Bertz CT molecular complexity index is 192. The minimum absolute atomic E-state index is 0.673. The average Bonchev–Trinajstić information content (AvgIpc) is 1.93. The Balaban J connectivity index is 2.17. The molecule has 0 aromatic carbocycles. The summed E-state index contributed by atoms with van der Waals surface area (Å²) in [5.74, 6) is 0.771. The van der Waals surface area contributed by atoms with E-state index in [0.29, 0.717) is 6.04 Å². The van der Waals surface area contributed by atoms with Crippen molar-refractivity contribution in [3.63, 3.8) is 0 Å². The predicted octanol–water partition coefficient (Wildman–Crippen LogP) is 2.23. The number of hydrogen-bond acceptors (Lipinski definition) is 2. The van der Waals surface area contributed by atoms with Gasteiger partial charge in [-0.1, -0.05) is 20.4 Å². The Morgan fingerprint density at radius 1 is 1.50 bits per heavy atom. The first-order valence-corrected chi connectivity index (χ1v) is 5.61. The Morgan fingerprint density at radius 2 is 2.07 bits per heavy atom. The van der Waals surface area contributed by atoms with Crippen molar-refractivity contribution in [1.29, 1.82) is 0 Å². The maximum absolute atomic E-state index is 3.87. The molecule has 0 unspecified atom stereocenters. The monoisotopic (exact) mass is 196 g/mol. The van der Waals surface area contributed by atoms with Crippen molar-refractivity contribution in [3.8, 4) is 0 Å². The maximum Gasteiger partial charge on any atom is 0.0287 e. The zero-order valence-electron chi connectivity index (χ0n) is 10.0. The number of allylic oxidation sites excluding steroid dienone is 1. The van der Waals surface area contributed by atoms with E-state index in [-0.39, 0.29) is 0 Å². The molecule has 0 heterocycles. The first-order valence-electron chi connectivity index (χ1n) is 5.61. The molecule has 2 nitrogen and oxygen atoms in total. The minimum Gasteiger partial charge on any atom is -0.386 e. The number of rotatable bonds is 5. The fourth-order valence-corrected chi connectivity index (χ4v) is 2.14. The predicted molar refractivity (Wildman–Crippen MR) is 62.2 cm³/mol. The zero-order chi connectivity index (χ0) is 10.7. The Kier molecular flexibility index (Phi) is 3.99. The molecular formula is C12H24N2. The molecule has 1 N–H and O–H groups in total. The fraction of sp³-hybridized carbons (Fsp3) is 0.833. The molecule has 0 aliphatic heterocycles.